The Labute approximate surface area is 133 Å². The van der Waals surface area contributed by atoms with Crippen molar-refractivity contribution in [1.82, 2.24) is 5.32 Å². The van der Waals surface area contributed by atoms with E-state index in [0.717, 1.165) is 18.9 Å². The zero-order chi connectivity index (χ0) is 10.3. The summed E-state index contributed by atoms with van der Waals surface area (Å²) < 4.78 is 34.1. The third-order valence-electron chi connectivity index (χ3n) is 1.09. The standard InChI is InChI=1S/C5H10N2O.2Na.H2O4S/c8-4-1-5-6-2-3-7-5;;;1-5(2,3)4/h8H,1-4H2,(H,6,7);;;(H2,1,2,3,4)/q;2*+1;/p-2. The second kappa shape index (κ2) is 11.8. The first-order chi connectivity index (χ1) is 5.93. The summed E-state index contributed by atoms with van der Waals surface area (Å²) in [6, 6.07) is 0. The number of nitrogens with one attached hydrogen (secondary N) is 1. The monoisotopic (exact) mass is 256 g/mol. The molecule has 0 aromatic rings. The van der Waals surface area contributed by atoms with Crippen LogP contribution in [0.4, 0.5) is 0 Å². The van der Waals surface area contributed by atoms with Crippen molar-refractivity contribution in [2.24, 2.45) is 4.99 Å². The zero-order valence-electron chi connectivity index (χ0n) is 8.76. The van der Waals surface area contributed by atoms with Crippen LogP contribution in [0, 0.1) is 0 Å². The molecular weight excluding hydrogens is 246 g/mol. The SMILES string of the molecule is O=S(=O)([O-])[O-].OCCC1=NCCN1.[Na+].[Na+]. The predicted octanol–water partition coefficient (Wildman–Crippen LogP) is -7.96. The van der Waals surface area contributed by atoms with E-state index in [0.29, 0.717) is 6.42 Å². The molecule has 0 atom stereocenters. The van der Waals surface area contributed by atoms with Gasteiger partial charge in [-0.1, -0.05) is 0 Å². The molecule has 0 aromatic heterocycles. The molecule has 0 aromatic carbocycles. The smallest absolute Gasteiger partial charge is 0.759 e. The van der Waals surface area contributed by atoms with Crippen molar-refractivity contribution in [3.63, 3.8) is 0 Å². The van der Waals surface area contributed by atoms with E-state index >= 15 is 0 Å². The van der Waals surface area contributed by atoms with Crippen LogP contribution in [0.2, 0.25) is 0 Å². The van der Waals surface area contributed by atoms with Crippen LogP contribution in [0.1, 0.15) is 6.42 Å². The molecule has 2 N–H and O–H groups in total. The molecule has 0 bridgehead atoms. The van der Waals surface area contributed by atoms with Gasteiger partial charge in [0.25, 0.3) is 0 Å². The molecule has 0 amide bonds. The summed E-state index contributed by atoms with van der Waals surface area (Å²) in [6.45, 7) is 2.01. The molecule has 78 valence electrons. The van der Waals surface area contributed by atoms with E-state index in [4.69, 9.17) is 22.6 Å². The molecule has 1 heterocycles. The first-order valence-corrected chi connectivity index (χ1v) is 4.81. The van der Waals surface area contributed by atoms with Crippen molar-refractivity contribution in [3.05, 3.63) is 0 Å². The quantitative estimate of drug-likeness (QED) is 0.287. The van der Waals surface area contributed by atoms with Crippen LogP contribution in [-0.2, 0) is 10.4 Å². The molecule has 1 aliphatic heterocycles. The molecule has 10 heteroatoms. The Morgan fingerprint density at radius 2 is 1.87 bits per heavy atom. The van der Waals surface area contributed by atoms with Crippen molar-refractivity contribution in [2.45, 2.75) is 6.42 Å². The molecule has 0 saturated heterocycles. The maximum absolute atomic E-state index is 8.52. The Bertz CT molecular complexity index is 261. The number of aliphatic hydroxyl groups is 1. The van der Waals surface area contributed by atoms with Crippen LogP contribution in [0.25, 0.3) is 0 Å². The molecule has 0 fully saturated rings. The van der Waals surface area contributed by atoms with Crippen molar-refractivity contribution in [2.75, 3.05) is 19.7 Å². The maximum Gasteiger partial charge on any atom is 1.00 e. The van der Waals surface area contributed by atoms with E-state index in [1.807, 2.05) is 0 Å². The maximum atomic E-state index is 8.52. The molecule has 1 aliphatic rings. The summed E-state index contributed by atoms with van der Waals surface area (Å²) in [5.74, 6) is 0.951. The van der Waals surface area contributed by atoms with E-state index in [9.17, 15) is 0 Å². The van der Waals surface area contributed by atoms with Gasteiger partial charge in [0, 0.05) is 23.4 Å². The van der Waals surface area contributed by atoms with E-state index in [2.05, 4.69) is 10.3 Å². The Morgan fingerprint density at radius 1 is 1.40 bits per heavy atom. The largest absolute Gasteiger partial charge is 1.00 e. The Morgan fingerprint density at radius 3 is 2.13 bits per heavy atom. The fraction of sp³-hybridized carbons (Fsp3) is 0.800. The van der Waals surface area contributed by atoms with Crippen LogP contribution in [0.15, 0.2) is 4.99 Å². The van der Waals surface area contributed by atoms with Gasteiger partial charge in [0.15, 0.2) is 0 Å². The minimum Gasteiger partial charge on any atom is -0.759 e. The van der Waals surface area contributed by atoms with E-state index in [1.165, 1.54) is 0 Å². The van der Waals surface area contributed by atoms with Gasteiger partial charge in [-0.25, -0.2) is 0 Å². The number of nitrogens with zero attached hydrogens (tertiary/aromatic N) is 1. The van der Waals surface area contributed by atoms with Gasteiger partial charge >= 0.3 is 59.1 Å². The fourth-order valence-electron chi connectivity index (χ4n) is 0.720. The minimum atomic E-state index is -5.17. The van der Waals surface area contributed by atoms with Gasteiger partial charge in [0.1, 0.15) is 0 Å². The number of rotatable bonds is 2. The average Bonchev–Trinajstić information content (AvgIpc) is 2.36. The van der Waals surface area contributed by atoms with Crippen LogP contribution < -0.4 is 64.4 Å². The Balaban J connectivity index is -0.000000185. The zero-order valence-corrected chi connectivity index (χ0v) is 13.6. The van der Waals surface area contributed by atoms with Gasteiger partial charge in [0.2, 0.25) is 0 Å². The molecule has 15 heavy (non-hydrogen) atoms. The summed E-state index contributed by atoms with van der Waals surface area (Å²) in [6.07, 6.45) is 0.681. The van der Waals surface area contributed by atoms with E-state index < -0.39 is 10.4 Å². The van der Waals surface area contributed by atoms with Gasteiger partial charge in [-0.3, -0.25) is 13.4 Å². The van der Waals surface area contributed by atoms with E-state index in [1.54, 1.807) is 0 Å². The summed E-state index contributed by atoms with van der Waals surface area (Å²) in [4.78, 5) is 4.07. The van der Waals surface area contributed by atoms with Gasteiger partial charge < -0.3 is 19.5 Å². The topological polar surface area (TPSA) is 125 Å². The molecule has 0 aliphatic carbocycles. The predicted molar refractivity (Wildman–Crippen MR) is 42.5 cm³/mol. The molecule has 0 radical (unpaired) electrons. The first kappa shape index (κ1) is 21.6. The number of aliphatic hydroxyl groups excluding tert-OH is 1. The molecular formula is C5H10N2Na2O5S. The van der Waals surface area contributed by atoms with Crippen molar-refractivity contribution < 1.29 is 81.7 Å². The van der Waals surface area contributed by atoms with Crippen LogP contribution in [0.3, 0.4) is 0 Å². The third-order valence-corrected chi connectivity index (χ3v) is 1.09. The van der Waals surface area contributed by atoms with Gasteiger partial charge in [-0.2, -0.15) is 0 Å². The number of hydrogen-bond donors (Lipinski definition) is 2. The third kappa shape index (κ3) is 21.2. The van der Waals surface area contributed by atoms with Gasteiger partial charge in [-0.05, 0) is 0 Å². The molecule has 1 rings (SSSR count). The summed E-state index contributed by atoms with van der Waals surface area (Å²) in [7, 11) is -5.17. The van der Waals surface area contributed by atoms with Crippen LogP contribution in [-0.4, -0.2) is 48.2 Å². The Kier molecular flexibility index (Phi) is 16.9. The molecule has 7 nitrogen and oxygen atoms in total. The van der Waals surface area contributed by atoms with Gasteiger partial charge in [0.05, 0.1) is 19.0 Å². The Hall–Kier alpha value is 1.30. The number of amidine groups is 1. The van der Waals surface area contributed by atoms with Crippen molar-refractivity contribution in [3.8, 4) is 0 Å². The normalized spacial score (nSPS) is 13.4. The summed E-state index contributed by atoms with van der Waals surface area (Å²) in [5.41, 5.74) is 0. The average molecular weight is 256 g/mol. The van der Waals surface area contributed by atoms with Crippen molar-refractivity contribution in [1.29, 1.82) is 0 Å². The molecule has 0 spiro atoms. The summed E-state index contributed by atoms with van der Waals surface area (Å²) >= 11 is 0. The second-order valence-corrected chi connectivity index (χ2v) is 2.95. The van der Waals surface area contributed by atoms with Crippen LogP contribution >= 0.6 is 0 Å². The van der Waals surface area contributed by atoms with Crippen LogP contribution in [0.5, 0.6) is 0 Å². The molecule has 0 unspecified atom stereocenters. The fourth-order valence-corrected chi connectivity index (χ4v) is 0.720. The van der Waals surface area contributed by atoms with E-state index in [-0.39, 0.29) is 65.7 Å². The van der Waals surface area contributed by atoms with Gasteiger partial charge in [-0.15, -0.1) is 0 Å². The first-order valence-electron chi connectivity index (χ1n) is 3.48. The molecule has 0 saturated carbocycles. The summed E-state index contributed by atoms with van der Waals surface area (Å²) in [5, 5.41) is 11.5. The second-order valence-electron chi connectivity index (χ2n) is 2.14. The van der Waals surface area contributed by atoms with Crippen molar-refractivity contribution >= 4 is 16.2 Å². The number of hydrogen-bond acceptors (Lipinski definition) is 7. The number of aliphatic imine (C=N–C) groups is 1. The minimum absolute atomic E-state index is 0.